The Bertz CT molecular complexity index is 1020. The van der Waals surface area contributed by atoms with Gasteiger partial charge >= 0.3 is 0 Å². The maximum Gasteiger partial charge on any atom is 0.243 e. The van der Waals surface area contributed by atoms with Crippen LogP contribution >= 0.6 is 11.6 Å². The molecule has 5 heteroatoms. The van der Waals surface area contributed by atoms with Gasteiger partial charge in [-0.1, -0.05) is 47.7 Å². The number of methoxy groups -OCH3 is 1. The highest BCUT2D eigenvalue weighted by atomic mass is 35.5. The molecule has 3 rings (SSSR count). The molecule has 2 N–H and O–H groups in total. The second kappa shape index (κ2) is 9.50. The van der Waals surface area contributed by atoms with Crippen LogP contribution in [0.25, 0.3) is 0 Å². The van der Waals surface area contributed by atoms with Crippen LogP contribution in [-0.2, 0) is 4.79 Å². The number of carbonyl (C=O) groups is 1. The Balaban J connectivity index is 1.58. The number of rotatable bonds is 5. The zero-order valence-electron chi connectivity index (χ0n) is 15.3. The summed E-state index contributed by atoms with van der Waals surface area (Å²) in [7, 11) is 1.54. The van der Waals surface area contributed by atoms with Crippen LogP contribution in [0.4, 0.5) is 11.4 Å². The standard InChI is InChI=1S/C23H19ClN2O2/c1-28-22-13-12-20(15-21(22)24)26-23(27)16-25-19-9-5-8-18(14-19)11-10-17-6-3-2-4-7-17/h2-9,12-15,25H,16H2,1H3,(H,26,27). The first kappa shape index (κ1) is 19.3. The van der Waals surface area contributed by atoms with Crippen LogP contribution in [-0.4, -0.2) is 19.6 Å². The van der Waals surface area contributed by atoms with Gasteiger partial charge in [-0.15, -0.1) is 0 Å². The average Bonchev–Trinajstić information content (AvgIpc) is 2.72. The van der Waals surface area contributed by atoms with Crippen LogP contribution in [0, 0.1) is 11.8 Å². The van der Waals surface area contributed by atoms with Crippen molar-refractivity contribution < 1.29 is 9.53 Å². The Labute approximate surface area is 169 Å². The van der Waals surface area contributed by atoms with Crippen molar-refractivity contribution in [2.24, 2.45) is 0 Å². The third kappa shape index (κ3) is 5.54. The van der Waals surface area contributed by atoms with Crippen molar-refractivity contribution in [2.45, 2.75) is 0 Å². The Hall–Kier alpha value is -3.42. The van der Waals surface area contributed by atoms with Gasteiger partial charge in [-0.3, -0.25) is 4.79 Å². The summed E-state index contributed by atoms with van der Waals surface area (Å²) in [6.07, 6.45) is 0. The number of anilines is 2. The molecule has 1 amide bonds. The summed E-state index contributed by atoms with van der Waals surface area (Å²) in [6, 6.07) is 22.5. The van der Waals surface area contributed by atoms with Crippen molar-refractivity contribution in [1.29, 1.82) is 0 Å². The van der Waals surface area contributed by atoms with E-state index in [1.54, 1.807) is 25.3 Å². The predicted molar refractivity (Wildman–Crippen MR) is 114 cm³/mol. The molecule has 0 saturated carbocycles. The lowest BCUT2D eigenvalue weighted by Gasteiger charge is -2.09. The second-order valence-corrected chi connectivity index (χ2v) is 6.36. The molecule has 0 aliphatic rings. The summed E-state index contributed by atoms with van der Waals surface area (Å²) in [5.74, 6) is 6.63. The SMILES string of the molecule is COc1ccc(NC(=O)CNc2cccc(C#Cc3ccccc3)c2)cc1Cl. The summed E-state index contributed by atoms with van der Waals surface area (Å²) in [5.41, 5.74) is 3.26. The van der Waals surface area contributed by atoms with Gasteiger partial charge in [-0.2, -0.15) is 0 Å². The second-order valence-electron chi connectivity index (χ2n) is 5.95. The minimum atomic E-state index is -0.179. The van der Waals surface area contributed by atoms with Crippen LogP contribution in [0.1, 0.15) is 11.1 Å². The molecule has 3 aromatic rings. The lowest BCUT2D eigenvalue weighted by molar-refractivity contribution is -0.114. The van der Waals surface area contributed by atoms with Gasteiger partial charge in [-0.25, -0.2) is 0 Å². The van der Waals surface area contributed by atoms with Crippen molar-refractivity contribution in [2.75, 3.05) is 24.3 Å². The molecule has 3 aromatic carbocycles. The van der Waals surface area contributed by atoms with Crippen LogP contribution < -0.4 is 15.4 Å². The van der Waals surface area contributed by atoms with Crippen LogP contribution in [0.3, 0.4) is 0 Å². The quantitative estimate of drug-likeness (QED) is 0.615. The molecule has 0 heterocycles. The van der Waals surface area contributed by atoms with E-state index in [1.807, 2.05) is 54.6 Å². The zero-order chi connectivity index (χ0) is 19.8. The average molecular weight is 391 g/mol. The molecule has 0 aromatic heterocycles. The van der Waals surface area contributed by atoms with E-state index in [1.165, 1.54) is 0 Å². The fraction of sp³-hybridized carbons (Fsp3) is 0.0870. The Morgan fingerprint density at radius 3 is 2.43 bits per heavy atom. The molecule has 140 valence electrons. The lowest BCUT2D eigenvalue weighted by atomic mass is 10.1. The maximum atomic E-state index is 12.2. The topological polar surface area (TPSA) is 50.4 Å². The number of halogens is 1. The van der Waals surface area contributed by atoms with E-state index in [2.05, 4.69) is 22.5 Å². The van der Waals surface area contributed by atoms with Crippen molar-refractivity contribution in [3.8, 4) is 17.6 Å². The Morgan fingerprint density at radius 1 is 0.929 bits per heavy atom. The van der Waals surface area contributed by atoms with Crippen LogP contribution in [0.2, 0.25) is 5.02 Å². The fourth-order valence-corrected chi connectivity index (χ4v) is 2.76. The number of benzene rings is 3. The van der Waals surface area contributed by atoms with Crippen molar-refractivity contribution >= 4 is 28.9 Å². The first-order valence-corrected chi connectivity index (χ1v) is 9.06. The van der Waals surface area contributed by atoms with E-state index < -0.39 is 0 Å². The number of ether oxygens (including phenoxy) is 1. The monoisotopic (exact) mass is 390 g/mol. The third-order valence-electron chi connectivity index (χ3n) is 3.88. The summed E-state index contributed by atoms with van der Waals surface area (Å²) in [4.78, 5) is 12.2. The van der Waals surface area contributed by atoms with Gasteiger partial charge in [0.2, 0.25) is 5.91 Å². The van der Waals surface area contributed by atoms with Gasteiger partial charge in [-0.05, 0) is 48.5 Å². The molecule has 0 aliphatic heterocycles. The Morgan fingerprint density at radius 2 is 1.68 bits per heavy atom. The molecule has 0 aliphatic carbocycles. The van der Waals surface area contributed by atoms with E-state index >= 15 is 0 Å². The molecule has 0 radical (unpaired) electrons. The van der Waals surface area contributed by atoms with E-state index in [9.17, 15) is 4.79 Å². The number of hydrogen-bond acceptors (Lipinski definition) is 3. The van der Waals surface area contributed by atoms with Crippen LogP contribution in [0.5, 0.6) is 5.75 Å². The van der Waals surface area contributed by atoms with Crippen molar-refractivity contribution in [1.82, 2.24) is 0 Å². The summed E-state index contributed by atoms with van der Waals surface area (Å²) >= 11 is 6.07. The number of carbonyl (C=O) groups excluding carboxylic acids is 1. The molecule has 4 nitrogen and oxygen atoms in total. The summed E-state index contributed by atoms with van der Waals surface area (Å²) in [5, 5.41) is 6.34. The number of amides is 1. The maximum absolute atomic E-state index is 12.2. The predicted octanol–water partition coefficient (Wildman–Crippen LogP) is 4.80. The Kier molecular flexibility index (Phi) is 6.56. The smallest absolute Gasteiger partial charge is 0.243 e. The molecular formula is C23H19ClN2O2. The van der Waals surface area contributed by atoms with E-state index in [-0.39, 0.29) is 12.5 Å². The number of nitrogens with one attached hydrogen (secondary N) is 2. The zero-order valence-corrected chi connectivity index (χ0v) is 16.1. The largest absolute Gasteiger partial charge is 0.495 e. The molecular weight excluding hydrogens is 372 g/mol. The summed E-state index contributed by atoms with van der Waals surface area (Å²) < 4.78 is 5.10. The lowest BCUT2D eigenvalue weighted by Crippen LogP contribution is -2.21. The fourth-order valence-electron chi connectivity index (χ4n) is 2.50. The first-order chi connectivity index (χ1) is 13.6. The van der Waals surface area contributed by atoms with E-state index in [4.69, 9.17) is 16.3 Å². The van der Waals surface area contributed by atoms with Gasteiger partial charge in [0.1, 0.15) is 5.75 Å². The molecule has 0 unspecified atom stereocenters. The van der Waals surface area contributed by atoms with E-state index in [0.29, 0.717) is 16.5 Å². The van der Waals surface area contributed by atoms with E-state index in [0.717, 1.165) is 16.8 Å². The van der Waals surface area contributed by atoms with Gasteiger partial charge in [0, 0.05) is 22.5 Å². The molecule has 28 heavy (non-hydrogen) atoms. The van der Waals surface area contributed by atoms with Gasteiger partial charge < -0.3 is 15.4 Å². The van der Waals surface area contributed by atoms with Gasteiger partial charge in [0.05, 0.1) is 18.7 Å². The van der Waals surface area contributed by atoms with Gasteiger partial charge in [0.25, 0.3) is 0 Å². The minimum Gasteiger partial charge on any atom is -0.495 e. The molecule has 0 bridgehead atoms. The highest BCUT2D eigenvalue weighted by Crippen LogP contribution is 2.27. The van der Waals surface area contributed by atoms with Gasteiger partial charge in [0.15, 0.2) is 0 Å². The summed E-state index contributed by atoms with van der Waals surface area (Å²) in [6.45, 7) is 0.124. The highest BCUT2D eigenvalue weighted by Gasteiger charge is 2.06. The first-order valence-electron chi connectivity index (χ1n) is 8.68. The van der Waals surface area contributed by atoms with Crippen LogP contribution in [0.15, 0.2) is 72.8 Å². The minimum absolute atomic E-state index is 0.124. The highest BCUT2D eigenvalue weighted by molar-refractivity contribution is 6.32. The van der Waals surface area contributed by atoms with Crippen molar-refractivity contribution in [3.63, 3.8) is 0 Å². The number of hydrogen-bond donors (Lipinski definition) is 2. The third-order valence-corrected chi connectivity index (χ3v) is 4.17. The molecule has 0 spiro atoms. The molecule has 0 atom stereocenters. The molecule has 0 fully saturated rings. The normalized spacial score (nSPS) is 9.79. The molecule has 0 saturated heterocycles. The van der Waals surface area contributed by atoms with Crippen molar-refractivity contribution in [3.05, 3.63) is 88.9 Å².